The standard InChI is InChI=1S/C45H30N2O2/c1-3-29(43-45-42(35-17-7-10-21-37(35)47-43)36-18-9-12-23-41(36)49-45)25-24-28(2)38-26-31(27-39(46-38)30-14-5-4-6-15-30)32-19-13-20-34-33-16-8-11-22-40(33)48-44(32)34/h3-27H,1H2,2H3/b28-24+,29-25+. The Balaban J connectivity index is 1.21. The molecule has 0 aliphatic carbocycles. The van der Waals surface area contributed by atoms with Crippen molar-refractivity contribution in [2.75, 3.05) is 0 Å². The van der Waals surface area contributed by atoms with Crippen molar-refractivity contribution in [3.05, 3.63) is 170 Å². The quantitative estimate of drug-likeness (QED) is 0.172. The van der Waals surface area contributed by atoms with Crippen LogP contribution in [0.1, 0.15) is 18.3 Å². The van der Waals surface area contributed by atoms with Gasteiger partial charge in [0, 0.05) is 43.6 Å². The average Bonchev–Trinajstić information content (AvgIpc) is 3.74. The first-order chi connectivity index (χ1) is 24.2. The van der Waals surface area contributed by atoms with E-state index in [-0.39, 0.29) is 0 Å². The van der Waals surface area contributed by atoms with Crippen molar-refractivity contribution in [3.63, 3.8) is 0 Å². The van der Waals surface area contributed by atoms with Crippen molar-refractivity contribution in [2.24, 2.45) is 0 Å². The monoisotopic (exact) mass is 630 g/mol. The smallest absolute Gasteiger partial charge is 0.162 e. The summed E-state index contributed by atoms with van der Waals surface area (Å²) in [4.78, 5) is 10.2. The maximum absolute atomic E-state index is 6.46. The summed E-state index contributed by atoms with van der Waals surface area (Å²) < 4.78 is 12.9. The first kappa shape index (κ1) is 28.7. The predicted octanol–water partition coefficient (Wildman–Crippen LogP) is 12.4. The minimum atomic E-state index is 0.752. The fourth-order valence-electron chi connectivity index (χ4n) is 6.79. The van der Waals surface area contributed by atoms with Gasteiger partial charge >= 0.3 is 0 Å². The van der Waals surface area contributed by atoms with E-state index in [1.807, 2.05) is 78.9 Å². The lowest BCUT2D eigenvalue weighted by Crippen LogP contribution is -1.94. The zero-order chi connectivity index (χ0) is 32.9. The predicted molar refractivity (Wildman–Crippen MR) is 203 cm³/mol. The number of rotatable bonds is 6. The summed E-state index contributed by atoms with van der Waals surface area (Å²) in [5.41, 5.74) is 11.7. The molecular formula is C45H30N2O2. The molecule has 0 unspecified atom stereocenters. The van der Waals surface area contributed by atoms with E-state index in [1.165, 1.54) is 0 Å². The van der Waals surface area contributed by atoms with Crippen molar-refractivity contribution in [1.82, 2.24) is 9.97 Å². The van der Waals surface area contributed by atoms with Crippen LogP contribution in [0.25, 0.3) is 88.3 Å². The van der Waals surface area contributed by atoms with Crippen LogP contribution in [0.15, 0.2) is 167 Å². The summed E-state index contributed by atoms with van der Waals surface area (Å²) in [7, 11) is 0. The Morgan fingerprint density at radius 2 is 1.27 bits per heavy atom. The third kappa shape index (κ3) is 4.85. The van der Waals surface area contributed by atoms with E-state index >= 15 is 0 Å². The van der Waals surface area contributed by atoms with E-state index in [0.717, 1.165) is 99.7 Å². The molecule has 0 radical (unpaired) electrons. The maximum Gasteiger partial charge on any atom is 0.162 e. The zero-order valence-electron chi connectivity index (χ0n) is 26.9. The number of hydrogen-bond acceptors (Lipinski definition) is 4. The topological polar surface area (TPSA) is 52.1 Å². The Bertz CT molecular complexity index is 2800. The second-order valence-electron chi connectivity index (χ2n) is 12.2. The minimum Gasteiger partial charge on any atom is -0.455 e. The number of aromatic nitrogens is 2. The van der Waals surface area contributed by atoms with Gasteiger partial charge in [-0.25, -0.2) is 9.97 Å². The number of furan rings is 2. The average molecular weight is 631 g/mol. The van der Waals surface area contributed by atoms with Gasteiger partial charge in [0.15, 0.2) is 5.58 Å². The molecule has 0 N–H and O–H groups in total. The molecule has 0 aliphatic heterocycles. The summed E-state index contributed by atoms with van der Waals surface area (Å²) in [5.74, 6) is 0. The van der Waals surface area contributed by atoms with Crippen molar-refractivity contribution in [3.8, 4) is 22.4 Å². The van der Waals surface area contributed by atoms with E-state index in [4.69, 9.17) is 18.8 Å². The SMILES string of the molecule is C=C/C(=C\C=C(/C)c1cc(-c2cccc3c2oc2ccccc23)cc(-c2ccccc2)n1)c1nc2ccccc2c2c1oc1ccccc12. The lowest BCUT2D eigenvalue weighted by Gasteiger charge is -2.11. The Hall–Kier alpha value is -6.52. The molecule has 232 valence electrons. The van der Waals surface area contributed by atoms with Gasteiger partial charge in [-0.1, -0.05) is 128 Å². The van der Waals surface area contributed by atoms with Gasteiger partial charge in [0.2, 0.25) is 0 Å². The zero-order valence-corrected chi connectivity index (χ0v) is 26.9. The van der Waals surface area contributed by atoms with Crippen molar-refractivity contribution in [2.45, 2.75) is 6.92 Å². The number of pyridine rings is 2. The normalized spacial score (nSPS) is 12.5. The van der Waals surface area contributed by atoms with Crippen molar-refractivity contribution < 1.29 is 8.83 Å². The van der Waals surface area contributed by atoms with Crippen LogP contribution in [0, 0.1) is 0 Å². The van der Waals surface area contributed by atoms with Crippen LogP contribution in [-0.4, -0.2) is 9.97 Å². The summed E-state index contributed by atoms with van der Waals surface area (Å²) in [5, 5.41) is 5.40. The molecule has 0 saturated carbocycles. The molecule has 0 aliphatic rings. The molecule has 9 aromatic rings. The molecule has 0 saturated heterocycles. The van der Waals surface area contributed by atoms with Gasteiger partial charge in [0.25, 0.3) is 0 Å². The molecule has 4 nitrogen and oxygen atoms in total. The molecule has 5 aromatic carbocycles. The molecule has 0 spiro atoms. The van der Waals surface area contributed by atoms with Crippen LogP contribution < -0.4 is 0 Å². The number of benzene rings is 5. The van der Waals surface area contributed by atoms with E-state index < -0.39 is 0 Å². The highest BCUT2D eigenvalue weighted by molar-refractivity contribution is 6.20. The Kier molecular flexibility index (Phi) is 6.80. The van der Waals surface area contributed by atoms with Crippen LogP contribution in [0.2, 0.25) is 0 Å². The van der Waals surface area contributed by atoms with Crippen molar-refractivity contribution >= 4 is 65.9 Å². The second kappa shape index (κ2) is 11.6. The van der Waals surface area contributed by atoms with Crippen LogP contribution in [0.3, 0.4) is 0 Å². The molecule has 0 fully saturated rings. The van der Waals surface area contributed by atoms with Gasteiger partial charge in [-0.15, -0.1) is 0 Å². The molecule has 4 heterocycles. The number of hydrogen-bond donors (Lipinski definition) is 0. The number of allylic oxidation sites excluding steroid dienone is 5. The van der Waals surface area contributed by atoms with Crippen molar-refractivity contribution in [1.29, 1.82) is 0 Å². The molecular weight excluding hydrogens is 601 g/mol. The van der Waals surface area contributed by atoms with Crippen LogP contribution in [0.5, 0.6) is 0 Å². The minimum absolute atomic E-state index is 0.752. The highest BCUT2D eigenvalue weighted by Crippen LogP contribution is 2.39. The number of fused-ring (bicyclic) bond motifs is 8. The highest BCUT2D eigenvalue weighted by atomic mass is 16.3. The first-order valence-corrected chi connectivity index (χ1v) is 16.4. The highest BCUT2D eigenvalue weighted by Gasteiger charge is 2.18. The molecule has 0 atom stereocenters. The van der Waals surface area contributed by atoms with E-state index in [1.54, 1.807) is 0 Å². The van der Waals surface area contributed by atoms with Gasteiger partial charge in [0.1, 0.15) is 22.4 Å². The van der Waals surface area contributed by atoms with E-state index in [9.17, 15) is 0 Å². The lowest BCUT2D eigenvalue weighted by atomic mass is 9.98. The third-order valence-electron chi connectivity index (χ3n) is 9.24. The fourth-order valence-corrected chi connectivity index (χ4v) is 6.79. The molecule has 9 rings (SSSR count). The van der Waals surface area contributed by atoms with Gasteiger partial charge in [-0.05, 0) is 48.4 Å². The van der Waals surface area contributed by atoms with E-state index in [0.29, 0.717) is 0 Å². The Labute approximate surface area is 283 Å². The first-order valence-electron chi connectivity index (χ1n) is 16.4. The van der Waals surface area contributed by atoms with Gasteiger partial charge in [-0.3, -0.25) is 0 Å². The lowest BCUT2D eigenvalue weighted by molar-refractivity contribution is 0.666. The van der Waals surface area contributed by atoms with Crippen LogP contribution in [0.4, 0.5) is 0 Å². The second-order valence-corrected chi connectivity index (χ2v) is 12.2. The molecule has 0 bridgehead atoms. The van der Waals surface area contributed by atoms with Crippen LogP contribution >= 0.6 is 0 Å². The third-order valence-corrected chi connectivity index (χ3v) is 9.24. The molecule has 49 heavy (non-hydrogen) atoms. The Morgan fingerprint density at radius 3 is 2.08 bits per heavy atom. The molecule has 0 amide bonds. The van der Waals surface area contributed by atoms with Gasteiger partial charge in [0.05, 0.1) is 16.9 Å². The number of nitrogens with zero attached hydrogens (tertiary/aromatic N) is 2. The largest absolute Gasteiger partial charge is 0.455 e. The maximum atomic E-state index is 6.46. The molecule has 4 heteroatoms. The fraction of sp³-hybridized carbons (Fsp3) is 0.0222. The summed E-state index contributed by atoms with van der Waals surface area (Å²) in [6.45, 7) is 6.27. The van der Waals surface area contributed by atoms with E-state index in [2.05, 4.69) is 86.3 Å². The Morgan fingerprint density at radius 1 is 0.592 bits per heavy atom. The summed E-state index contributed by atoms with van der Waals surface area (Å²) in [6, 6.07) is 45.5. The summed E-state index contributed by atoms with van der Waals surface area (Å²) >= 11 is 0. The van der Waals surface area contributed by atoms with Gasteiger partial charge in [-0.2, -0.15) is 0 Å². The van der Waals surface area contributed by atoms with Crippen LogP contribution in [-0.2, 0) is 0 Å². The van der Waals surface area contributed by atoms with Gasteiger partial charge < -0.3 is 8.83 Å². The summed E-state index contributed by atoms with van der Waals surface area (Å²) in [6.07, 6.45) is 5.99. The number of para-hydroxylation sites is 4. The molecule has 4 aromatic heterocycles.